The number of carbonyl (C=O) groups is 2. The molecule has 2 rings (SSSR count). The summed E-state index contributed by atoms with van der Waals surface area (Å²) in [6.45, 7) is 16.0. The van der Waals surface area contributed by atoms with Crippen LogP contribution in [0.2, 0.25) is 0 Å². The minimum absolute atomic E-state index is 0.00817. The Morgan fingerprint density at radius 2 is 1.22 bits per heavy atom. The van der Waals surface area contributed by atoms with Crippen LogP contribution < -0.4 is 4.74 Å². The molecule has 0 aliphatic carbocycles. The van der Waals surface area contributed by atoms with Crippen LogP contribution in [0.25, 0.3) is 0 Å². The van der Waals surface area contributed by atoms with E-state index >= 15 is 0 Å². The predicted molar refractivity (Wildman–Crippen MR) is 130 cm³/mol. The average molecular weight is 439 g/mol. The number of benzene rings is 2. The van der Waals surface area contributed by atoms with Gasteiger partial charge >= 0.3 is 5.97 Å². The molecule has 0 saturated carbocycles. The Hall–Kier alpha value is -2.62. The van der Waals surface area contributed by atoms with Gasteiger partial charge in [0.1, 0.15) is 11.5 Å². The highest BCUT2D eigenvalue weighted by molar-refractivity contribution is 5.95. The van der Waals surface area contributed by atoms with Crippen LogP contribution in [0.1, 0.15) is 91.4 Å². The standard InChI is InChI=1S/C28H38O4/c1-16(2)9-22-14-25(15-23(26(22)30)10-17(3)4)28(31)32-27-19(7)12-21(20(8)29)13-24(27)11-18(5)6/h12-18,30H,9-11H2,1-8H3. The molecule has 4 heteroatoms. The second kappa shape index (κ2) is 10.8. The van der Waals surface area contributed by atoms with E-state index in [2.05, 4.69) is 41.5 Å². The topological polar surface area (TPSA) is 63.6 Å². The zero-order chi connectivity index (χ0) is 24.2. The number of aryl methyl sites for hydroxylation is 1. The lowest BCUT2D eigenvalue weighted by molar-refractivity contribution is 0.0731. The van der Waals surface area contributed by atoms with Gasteiger partial charge in [-0.25, -0.2) is 4.79 Å². The fourth-order valence-corrected chi connectivity index (χ4v) is 4.01. The molecule has 174 valence electrons. The number of ether oxygens (including phenoxy) is 1. The molecule has 0 aliphatic heterocycles. The van der Waals surface area contributed by atoms with Crippen molar-refractivity contribution in [3.05, 3.63) is 57.6 Å². The highest BCUT2D eigenvalue weighted by atomic mass is 16.5. The quantitative estimate of drug-likeness (QED) is 0.268. The lowest BCUT2D eigenvalue weighted by atomic mass is 9.93. The highest BCUT2D eigenvalue weighted by Crippen LogP contribution is 2.32. The maximum Gasteiger partial charge on any atom is 0.343 e. The maximum atomic E-state index is 13.2. The van der Waals surface area contributed by atoms with E-state index in [1.165, 1.54) is 0 Å². The van der Waals surface area contributed by atoms with E-state index in [1.807, 2.05) is 13.0 Å². The van der Waals surface area contributed by atoms with Gasteiger partial charge in [0.25, 0.3) is 0 Å². The van der Waals surface area contributed by atoms with E-state index in [0.717, 1.165) is 22.3 Å². The molecule has 32 heavy (non-hydrogen) atoms. The third-order valence-corrected chi connectivity index (χ3v) is 5.34. The maximum absolute atomic E-state index is 13.2. The number of phenols is 1. The van der Waals surface area contributed by atoms with Gasteiger partial charge in [-0.05, 0) is 97.4 Å². The van der Waals surface area contributed by atoms with Crippen molar-refractivity contribution < 1.29 is 19.4 Å². The minimum Gasteiger partial charge on any atom is -0.507 e. The van der Waals surface area contributed by atoms with Crippen LogP contribution in [0, 0.1) is 24.7 Å². The number of rotatable bonds is 9. The smallest absolute Gasteiger partial charge is 0.343 e. The molecular weight excluding hydrogens is 400 g/mol. The van der Waals surface area contributed by atoms with Crippen LogP contribution in [0.4, 0.5) is 0 Å². The summed E-state index contributed by atoms with van der Waals surface area (Å²) in [6.07, 6.45) is 2.07. The van der Waals surface area contributed by atoms with Gasteiger partial charge in [-0.15, -0.1) is 0 Å². The van der Waals surface area contributed by atoms with Crippen molar-refractivity contribution in [2.75, 3.05) is 0 Å². The van der Waals surface area contributed by atoms with Crippen molar-refractivity contribution in [3.8, 4) is 11.5 Å². The molecule has 0 saturated heterocycles. The summed E-state index contributed by atoms with van der Waals surface area (Å²) in [7, 11) is 0. The van der Waals surface area contributed by atoms with Crippen LogP contribution in [0.5, 0.6) is 11.5 Å². The van der Waals surface area contributed by atoms with Gasteiger partial charge < -0.3 is 9.84 Å². The van der Waals surface area contributed by atoms with Crippen LogP contribution in [0.15, 0.2) is 24.3 Å². The molecule has 4 nitrogen and oxygen atoms in total. The summed E-state index contributed by atoms with van der Waals surface area (Å²) in [5.41, 5.74) is 4.25. The number of phenolic OH excluding ortho intramolecular Hbond substituents is 1. The van der Waals surface area contributed by atoms with Crippen LogP contribution >= 0.6 is 0 Å². The summed E-state index contributed by atoms with van der Waals surface area (Å²) in [5, 5.41) is 10.8. The Balaban J connectivity index is 2.50. The Kier molecular flexibility index (Phi) is 8.65. The number of Topliss-reactive ketones (excluding diaryl/α,β-unsaturated/α-hetero) is 1. The number of ketones is 1. The van der Waals surface area contributed by atoms with Gasteiger partial charge in [0, 0.05) is 5.56 Å². The third-order valence-electron chi connectivity index (χ3n) is 5.34. The third kappa shape index (κ3) is 6.69. The zero-order valence-corrected chi connectivity index (χ0v) is 20.8. The first-order valence-corrected chi connectivity index (χ1v) is 11.6. The molecule has 0 heterocycles. The predicted octanol–water partition coefficient (Wildman–Crippen LogP) is 6.72. The molecule has 0 bridgehead atoms. The number of esters is 1. The number of hydrogen-bond donors (Lipinski definition) is 1. The minimum atomic E-state index is -0.441. The normalized spacial score (nSPS) is 11.5. The number of aromatic hydroxyl groups is 1. The van der Waals surface area contributed by atoms with Crippen LogP contribution in [-0.2, 0) is 19.3 Å². The van der Waals surface area contributed by atoms with Crippen molar-refractivity contribution in [1.82, 2.24) is 0 Å². The summed E-state index contributed by atoms with van der Waals surface area (Å²) in [4.78, 5) is 25.2. The Bertz CT molecular complexity index is 952. The molecule has 0 aliphatic rings. The lowest BCUT2D eigenvalue weighted by Crippen LogP contribution is -2.14. The Labute approximate surface area is 193 Å². The van der Waals surface area contributed by atoms with Gasteiger partial charge in [0.2, 0.25) is 0 Å². The van der Waals surface area contributed by atoms with E-state index in [-0.39, 0.29) is 11.5 Å². The average Bonchev–Trinajstić information content (AvgIpc) is 2.65. The molecule has 0 fully saturated rings. The zero-order valence-electron chi connectivity index (χ0n) is 20.8. The highest BCUT2D eigenvalue weighted by Gasteiger charge is 2.20. The Morgan fingerprint density at radius 3 is 1.66 bits per heavy atom. The lowest BCUT2D eigenvalue weighted by Gasteiger charge is -2.18. The van der Waals surface area contributed by atoms with Crippen LogP contribution in [-0.4, -0.2) is 16.9 Å². The summed E-state index contributed by atoms with van der Waals surface area (Å²) in [5.74, 6) is 1.40. The molecule has 0 amide bonds. The molecular formula is C28H38O4. The fraction of sp³-hybridized carbons (Fsp3) is 0.500. The monoisotopic (exact) mass is 438 g/mol. The van der Waals surface area contributed by atoms with Crippen molar-refractivity contribution >= 4 is 11.8 Å². The molecule has 1 N–H and O–H groups in total. The van der Waals surface area contributed by atoms with E-state index in [1.54, 1.807) is 25.1 Å². The van der Waals surface area contributed by atoms with E-state index < -0.39 is 5.97 Å². The summed E-state index contributed by atoms with van der Waals surface area (Å²) < 4.78 is 5.93. The molecule has 0 aromatic heterocycles. The van der Waals surface area contributed by atoms with Crippen molar-refractivity contribution in [2.45, 2.75) is 74.7 Å². The van der Waals surface area contributed by atoms with Crippen molar-refractivity contribution in [3.63, 3.8) is 0 Å². The van der Waals surface area contributed by atoms with Crippen molar-refractivity contribution in [2.24, 2.45) is 17.8 Å². The SMILES string of the molecule is CC(=O)c1cc(C)c(OC(=O)c2cc(CC(C)C)c(O)c(CC(C)C)c2)c(CC(C)C)c1. The second-order valence-corrected chi connectivity index (χ2v) is 10.2. The first-order valence-electron chi connectivity index (χ1n) is 11.6. The van der Waals surface area contributed by atoms with E-state index in [4.69, 9.17) is 4.74 Å². The Morgan fingerprint density at radius 1 is 0.781 bits per heavy atom. The van der Waals surface area contributed by atoms with Gasteiger partial charge in [0.05, 0.1) is 5.56 Å². The van der Waals surface area contributed by atoms with E-state index in [9.17, 15) is 14.7 Å². The molecule has 0 radical (unpaired) electrons. The molecule has 2 aromatic carbocycles. The molecule has 2 aromatic rings. The van der Waals surface area contributed by atoms with Gasteiger partial charge in [-0.3, -0.25) is 4.79 Å². The molecule has 0 atom stereocenters. The summed E-state index contributed by atoms with van der Waals surface area (Å²) in [6, 6.07) is 7.12. The second-order valence-electron chi connectivity index (χ2n) is 10.2. The van der Waals surface area contributed by atoms with Gasteiger partial charge in [-0.2, -0.15) is 0 Å². The fourth-order valence-electron chi connectivity index (χ4n) is 4.01. The molecule has 0 spiro atoms. The van der Waals surface area contributed by atoms with Gasteiger partial charge in [0.15, 0.2) is 5.78 Å². The first-order chi connectivity index (χ1) is 14.9. The first kappa shape index (κ1) is 25.6. The van der Waals surface area contributed by atoms with Gasteiger partial charge in [-0.1, -0.05) is 41.5 Å². The van der Waals surface area contributed by atoms with Crippen molar-refractivity contribution in [1.29, 1.82) is 0 Å². The van der Waals surface area contributed by atoms with Crippen LogP contribution in [0.3, 0.4) is 0 Å². The summed E-state index contributed by atoms with van der Waals surface area (Å²) >= 11 is 0. The largest absolute Gasteiger partial charge is 0.507 e. The van der Waals surface area contributed by atoms with E-state index in [0.29, 0.717) is 53.9 Å². The molecule has 0 unspecified atom stereocenters. The number of carbonyl (C=O) groups excluding carboxylic acids is 2. The number of hydrogen-bond acceptors (Lipinski definition) is 4.